The van der Waals surface area contributed by atoms with Gasteiger partial charge in [-0.1, -0.05) is 13.8 Å². The highest BCUT2D eigenvalue weighted by atomic mass is 19.4. The van der Waals surface area contributed by atoms with Crippen LogP contribution < -0.4 is 0 Å². The molecule has 0 unspecified atom stereocenters. The molecule has 16 heavy (non-hydrogen) atoms. The Bertz CT molecular complexity index is 217. The summed E-state index contributed by atoms with van der Waals surface area (Å²) in [6.07, 6.45) is -3.97. The van der Waals surface area contributed by atoms with Crippen LogP contribution in [-0.2, 0) is 0 Å². The molecule has 0 N–H and O–H groups in total. The number of likely N-dealkylation sites (tertiary alicyclic amines) is 1. The average molecular weight is 241 g/mol. The van der Waals surface area contributed by atoms with Crippen molar-refractivity contribution >= 4 is 0 Å². The number of hydrogen-bond donors (Lipinski definition) is 0. The van der Waals surface area contributed by atoms with Crippen LogP contribution >= 0.6 is 0 Å². The summed E-state index contributed by atoms with van der Waals surface area (Å²) in [5, 5.41) is 0. The maximum Gasteiger partial charge on any atom is 0.394 e. The topological polar surface area (TPSA) is 3.24 Å². The van der Waals surface area contributed by atoms with E-state index in [0.717, 1.165) is 0 Å². The Kier molecular flexibility index (Phi) is 4.21. The number of rotatable bonds is 3. The van der Waals surface area contributed by atoms with Crippen molar-refractivity contribution in [2.75, 3.05) is 26.3 Å². The fourth-order valence-corrected chi connectivity index (χ4v) is 2.48. The molecule has 1 aliphatic heterocycles. The summed E-state index contributed by atoms with van der Waals surface area (Å²) in [5.74, 6) is -0.417. The molecule has 0 bridgehead atoms. The normalized spacial score (nSPS) is 22.7. The number of nitrogens with zero attached hydrogens (tertiary/aromatic N) is 1. The SMILES string of the molecule is CC(C)C1(C(F)(F)F)CCN(CCF)CC1. The van der Waals surface area contributed by atoms with Crippen molar-refractivity contribution < 1.29 is 17.6 Å². The zero-order valence-corrected chi connectivity index (χ0v) is 9.78. The van der Waals surface area contributed by atoms with Crippen LogP contribution in [0, 0.1) is 11.3 Å². The van der Waals surface area contributed by atoms with E-state index < -0.39 is 24.2 Å². The summed E-state index contributed by atoms with van der Waals surface area (Å²) in [7, 11) is 0. The first-order chi connectivity index (χ1) is 7.33. The molecule has 96 valence electrons. The van der Waals surface area contributed by atoms with Gasteiger partial charge in [0.2, 0.25) is 0 Å². The lowest BCUT2D eigenvalue weighted by Crippen LogP contribution is -2.51. The van der Waals surface area contributed by atoms with Gasteiger partial charge in [-0.25, -0.2) is 4.39 Å². The molecule has 0 saturated carbocycles. The van der Waals surface area contributed by atoms with Crippen LogP contribution in [-0.4, -0.2) is 37.4 Å². The molecule has 0 amide bonds. The van der Waals surface area contributed by atoms with E-state index in [1.54, 1.807) is 18.7 Å². The molecular formula is C11H19F4N. The second-order valence-corrected chi connectivity index (χ2v) is 4.84. The van der Waals surface area contributed by atoms with Crippen molar-refractivity contribution in [2.45, 2.75) is 32.9 Å². The lowest BCUT2D eigenvalue weighted by Gasteiger charge is -2.45. The van der Waals surface area contributed by atoms with Crippen LogP contribution in [0.1, 0.15) is 26.7 Å². The Morgan fingerprint density at radius 2 is 1.69 bits per heavy atom. The van der Waals surface area contributed by atoms with Gasteiger partial charge in [-0.2, -0.15) is 13.2 Å². The highest BCUT2D eigenvalue weighted by Gasteiger charge is 2.56. The van der Waals surface area contributed by atoms with E-state index in [1.165, 1.54) is 0 Å². The van der Waals surface area contributed by atoms with Crippen LogP contribution in [0.3, 0.4) is 0 Å². The number of hydrogen-bond acceptors (Lipinski definition) is 1. The maximum absolute atomic E-state index is 13.1. The average Bonchev–Trinajstić information content (AvgIpc) is 2.17. The Morgan fingerprint density at radius 3 is 2.00 bits per heavy atom. The minimum atomic E-state index is -4.15. The zero-order valence-electron chi connectivity index (χ0n) is 9.78. The number of piperidine rings is 1. The van der Waals surface area contributed by atoms with E-state index in [9.17, 15) is 17.6 Å². The monoisotopic (exact) mass is 241 g/mol. The standard InChI is InChI=1S/C11H19F4N/c1-9(2)10(11(13,14)15)3-6-16(7-4-10)8-5-12/h9H,3-8H2,1-2H3. The van der Waals surface area contributed by atoms with Crippen molar-refractivity contribution in [3.8, 4) is 0 Å². The zero-order chi connectivity index (χ0) is 12.4. The molecule has 0 aromatic rings. The van der Waals surface area contributed by atoms with E-state index >= 15 is 0 Å². The predicted octanol–water partition coefficient (Wildman–Crippen LogP) is 3.26. The molecule has 0 aromatic heterocycles. The van der Waals surface area contributed by atoms with Gasteiger partial charge >= 0.3 is 6.18 Å². The van der Waals surface area contributed by atoms with Crippen LogP contribution in [0.2, 0.25) is 0 Å². The predicted molar refractivity (Wildman–Crippen MR) is 55.0 cm³/mol. The van der Waals surface area contributed by atoms with Crippen LogP contribution in [0.15, 0.2) is 0 Å². The van der Waals surface area contributed by atoms with E-state index in [1.807, 2.05) is 0 Å². The molecule has 1 rings (SSSR count). The summed E-state index contributed by atoms with van der Waals surface area (Å²) in [4.78, 5) is 1.77. The van der Waals surface area contributed by atoms with Gasteiger partial charge in [0.05, 0.1) is 5.41 Å². The minimum Gasteiger partial charge on any atom is -0.301 e. The van der Waals surface area contributed by atoms with E-state index in [4.69, 9.17) is 0 Å². The maximum atomic E-state index is 13.1. The smallest absolute Gasteiger partial charge is 0.301 e. The molecule has 1 aliphatic rings. The molecule has 0 spiro atoms. The molecule has 1 nitrogen and oxygen atoms in total. The molecule has 1 heterocycles. The first-order valence-corrected chi connectivity index (χ1v) is 5.68. The van der Waals surface area contributed by atoms with Crippen molar-refractivity contribution in [1.29, 1.82) is 0 Å². The van der Waals surface area contributed by atoms with Gasteiger partial charge in [0, 0.05) is 6.54 Å². The van der Waals surface area contributed by atoms with E-state index in [0.29, 0.717) is 13.1 Å². The van der Waals surface area contributed by atoms with Gasteiger partial charge in [0.25, 0.3) is 0 Å². The highest BCUT2D eigenvalue weighted by molar-refractivity contribution is 4.93. The largest absolute Gasteiger partial charge is 0.394 e. The summed E-state index contributed by atoms with van der Waals surface area (Å²) >= 11 is 0. The lowest BCUT2D eigenvalue weighted by molar-refractivity contribution is -0.253. The number of alkyl halides is 4. The minimum absolute atomic E-state index is 0.0914. The molecule has 0 radical (unpaired) electrons. The third kappa shape index (κ3) is 2.50. The Labute approximate surface area is 93.8 Å². The fourth-order valence-electron chi connectivity index (χ4n) is 2.48. The second-order valence-electron chi connectivity index (χ2n) is 4.84. The summed E-state index contributed by atoms with van der Waals surface area (Å²) in [6.45, 7) is 3.71. The van der Waals surface area contributed by atoms with Crippen molar-refractivity contribution in [3.63, 3.8) is 0 Å². The first-order valence-electron chi connectivity index (χ1n) is 5.68. The van der Waals surface area contributed by atoms with E-state index in [2.05, 4.69) is 0 Å². The molecule has 5 heteroatoms. The van der Waals surface area contributed by atoms with Gasteiger partial charge in [-0.15, -0.1) is 0 Å². The molecule has 0 aromatic carbocycles. The summed E-state index contributed by atoms with van der Waals surface area (Å²) < 4.78 is 51.3. The first kappa shape index (κ1) is 13.7. The van der Waals surface area contributed by atoms with Crippen LogP contribution in [0.5, 0.6) is 0 Å². The Balaban J connectivity index is 2.71. The molecule has 0 aliphatic carbocycles. The van der Waals surface area contributed by atoms with Gasteiger partial charge < -0.3 is 4.90 Å². The second kappa shape index (κ2) is 4.90. The van der Waals surface area contributed by atoms with Crippen molar-refractivity contribution in [1.82, 2.24) is 4.90 Å². The van der Waals surface area contributed by atoms with Crippen molar-refractivity contribution in [2.24, 2.45) is 11.3 Å². The van der Waals surface area contributed by atoms with Crippen LogP contribution in [0.4, 0.5) is 17.6 Å². The van der Waals surface area contributed by atoms with Gasteiger partial charge in [-0.3, -0.25) is 0 Å². The Morgan fingerprint density at radius 1 is 1.19 bits per heavy atom. The third-order valence-electron chi connectivity index (χ3n) is 3.82. The van der Waals surface area contributed by atoms with Gasteiger partial charge in [0.15, 0.2) is 0 Å². The van der Waals surface area contributed by atoms with Gasteiger partial charge in [0.1, 0.15) is 6.67 Å². The highest BCUT2D eigenvalue weighted by Crippen LogP contribution is 2.51. The quantitative estimate of drug-likeness (QED) is 0.685. The fraction of sp³-hybridized carbons (Fsp3) is 1.00. The molecular weight excluding hydrogens is 222 g/mol. The van der Waals surface area contributed by atoms with Gasteiger partial charge in [-0.05, 0) is 31.8 Å². The molecule has 1 saturated heterocycles. The van der Waals surface area contributed by atoms with Crippen LogP contribution in [0.25, 0.3) is 0 Å². The summed E-state index contributed by atoms with van der Waals surface area (Å²) in [6, 6.07) is 0. The Hall–Kier alpha value is -0.320. The third-order valence-corrected chi connectivity index (χ3v) is 3.82. The number of halogens is 4. The molecule has 0 atom stereocenters. The van der Waals surface area contributed by atoms with E-state index in [-0.39, 0.29) is 19.4 Å². The van der Waals surface area contributed by atoms with Crippen molar-refractivity contribution in [3.05, 3.63) is 0 Å². The summed E-state index contributed by atoms with van der Waals surface area (Å²) in [5.41, 5.74) is -1.57. The molecule has 1 fully saturated rings. The lowest BCUT2D eigenvalue weighted by atomic mass is 9.69.